The van der Waals surface area contributed by atoms with Crippen molar-refractivity contribution in [3.63, 3.8) is 0 Å². The molecule has 0 atom stereocenters. The van der Waals surface area contributed by atoms with Crippen LogP contribution in [0.25, 0.3) is 0 Å². The number of nitrogens with zero attached hydrogens (tertiary/aromatic N) is 3. The quantitative estimate of drug-likeness (QED) is 0.886. The van der Waals surface area contributed by atoms with Crippen molar-refractivity contribution in [1.82, 2.24) is 20.5 Å². The van der Waals surface area contributed by atoms with Gasteiger partial charge in [-0.25, -0.2) is 4.98 Å². The fourth-order valence-corrected chi connectivity index (χ4v) is 2.22. The SMILES string of the molecule is Cc1nnc(CNC(=O)c2ccc(OC3CCOCC3)nc2)o1. The molecule has 0 aliphatic carbocycles. The molecule has 0 bridgehead atoms. The Morgan fingerprint density at radius 3 is 2.83 bits per heavy atom. The van der Waals surface area contributed by atoms with E-state index in [1.54, 1.807) is 19.1 Å². The number of hydrogen-bond donors (Lipinski definition) is 1. The Morgan fingerprint density at radius 1 is 1.35 bits per heavy atom. The van der Waals surface area contributed by atoms with Crippen LogP contribution in [-0.4, -0.2) is 40.4 Å². The van der Waals surface area contributed by atoms with Crippen LogP contribution < -0.4 is 10.1 Å². The molecule has 0 saturated carbocycles. The summed E-state index contributed by atoms with van der Waals surface area (Å²) in [5.41, 5.74) is 0.445. The van der Waals surface area contributed by atoms with Crippen LogP contribution >= 0.6 is 0 Å². The van der Waals surface area contributed by atoms with Crippen molar-refractivity contribution in [1.29, 1.82) is 0 Å². The number of pyridine rings is 1. The minimum absolute atomic E-state index is 0.122. The second-order valence-electron chi connectivity index (χ2n) is 5.21. The predicted molar refractivity (Wildman–Crippen MR) is 78.9 cm³/mol. The molecule has 8 nitrogen and oxygen atoms in total. The third kappa shape index (κ3) is 4.26. The molecular weight excluding hydrogens is 300 g/mol. The second-order valence-corrected chi connectivity index (χ2v) is 5.21. The van der Waals surface area contributed by atoms with Gasteiger partial charge in [-0.2, -0.15) is 0 Å². The number of nitrogens with one attached hydrogen (secondary N) is 1. The molecule has 2 aromatic rings. The van der Waals surface area contributed by atoms with Gasteiger partial charge < -0.3 is 19.2 Å². The van der Waals surface area contributed by atoms with Crippen molar-refractivity contribution in [2.24, 2.45) is 0 Å². The van der Waals surface area contributed by atoms with Gasteiger partial charge in [0.1, 0.15) is 6.10 Å². The van der Waals surface area contributed by atoms with Crippen LogP contribution in [0.15, 0.2) is 22.7 Å². The highest BCUT2D eigenvalue weighted by atomic mass is 16.5. The zero-order valence-electron chi connectivity index (χ0n) is 12.8. The van der Waals surface area contributed by atoms with Crippen LogP contribution in [0, 0.1) is 6.92 Å². The summed E-state index contributed by atoms with van der Waals surface area (Å²) in [7, 11) is 0. The van der Waals surface area contributed by atoms with Crippen LogP contribution in [0.5, 0.6) is 5.88 Å². The molecular formula is C15H18N4O4. The van der Waals surface area contributed by atoms with Crippen molar-refractivity contribution in [2.45, 2.75) is 32.4 Å². The summed E-state index contributed by atoms with van der Waals surface area (Å²) in [6, 6.07) is 3.37. The summed E-state index contributed by atoms with van der Waals surface area (Å²) in [4.78, 5) is 16.2. The first kappa shape index (κ1) is 15.4. The van der Waals surface area contributed by atoms with Gasteiger partial charge in [-0.05, 0) is 6.07 Å². The summed E-state index contributed by atoms with van der Waals surface area (Å²) in [6.07, 6.45) is 3.32. The summed E-state index contributed by atoms with van der Waals surface area (Å²) < 4.78 is 16.2. The average Bonchev–Trinajstić information content (AvgIpc) is 3.00. The lowest BCUT2D eigenvalue weighted by molar-refractivity contribution is 0.0237. The molecule has 1 N–H and O–H groups in total. The fourth-order valence-electron chi connectivity index (χ4n) is 2.22. The van der Waals surface area contributed by atoms with Gasteiger partial charge >= 0.3 is 0 Å². The maximum Gasteiger partial charge on any atom is 0.253 e. The van der Waals surface area contributed by atoms with Gasteiger partial charge in [-0.15, -0.1) is 10.2 Å². The highest BCUT2D eigenvalue weighted by molar-refractivity contribution is 5.93. The second kappa shape index (κ2) is 7.19. The highest BCUT2D eigenvalue weighted by Crippen LogP contribution is 2.16. The number of aromatic nitrogens is 3. The van der Waals surface area contributed by atoms with Crippen molar-refractivity contribution < 1.29 is 18.7 Å². The van der Waals surface area contributed by atoms with Crippen LogP contribution in [0.3, 0.4) is 0 Å². The van der Waals surface area contributed by atoms with Gasteiger partial charge in [0.15, 0.2) is 0 Å². The van der Waals surface area contributed by atoms with Crippen molar-refractivity contribution in [3.05, 3.63) is 35.7 Å². The molecule has 1 fully saturated rings. The van der Waals surface area contributed by atoms with Crippen LogP contribution in [0.4, 0.5) is 0 Å². The van der Waals surface area contributed by atoms with Gasteiger partial charge in [0, 0.05) is 32.0 Å². The van der Waals surface area contributed by atoms with E-state index in [0.717, 1.165) is 12.8 Å². The van der Waals surface area contributed by atoms with Crippen LogP contribution in [0.1, 0.15) is 35.0 Å². The topological polar surface area (TPSA) is 99.4 Å². The van der Waals surface area contributed by atoms with E-state index in [1.807, 2.05) is 0 Å². The van der Waals surface area contributed by atoms with Gasteiger partial charge in [-0.3, -0.25) is 4.79 Å². The molecule has 8 heteroatoms. The van der Waals surface area contributed by atoms with E-state index in [1.165, 1.54) is 6.20 Å². The first-order chi connectivity index (χ1) is 11.2. The Balaban J connectivity index is 1.52. The van der Waals surface area contributed by atoms with E-state index >= 15 is 0 Å². The zero-order chi connectivity index (χ0) is 16.1. The van der Waals surface area contributed by atoms with E-state index in [2.05, 4.69) is 20.5 Å². The molecule has 0 radical (unpaired) electrons. The lowest BCUT2D eigenvalue weighted by Crippen LogP contribution is -2.26. The Kier molecular flexibility index (Phi) is 4.82. The number of aryl methyl sites for hydroxylation is 1. The maximum atomic E-state index is 12.0. The average molecular weight is 318 g/mol. The molecule has 122 valence electrons. The van der Waals surface area contributed by atoms with Crippen molar-refractivity contribution in [3.8, 4) is 5.88 Å². The maximum absolute atomic E-state index is 12.0. The molecule has 0 spiro atoms. The number of ether oxygens (including phenoxy) is 2. The number of carbonyl (C=O) groups excluding carboxylic acids is 1. The van der Waals surface area contributed by atoms with Gasteiger partial charge in [0.25, 0.3) is 5.91 Å². The smallest absolute Gasteiger partial charge is 0.253 e. The molecule has 2 aromatic heterocycles. The van der Waals surface area contributed by atoms with Crippen molar-refractivity contribution >= 4 is 5.91 Å². The third-order valence-corrected chi connectivity index (χ3v) is 3.42. The standard InChI is InChI=1S/C15H18N4O4/c1-10-18-19-14(22-10)9-17-15(20)11-2-3-13(16-8-11)23-12-4-6-21-7-5-12/h2-3,8,12H,4-7,9H2,1H3,(H,17,20). The van der Waals surface area contributed by atoms with E-state index < -0.39 is 0 Å². The Morgan fingerprint density at radius 2 is 2.17 bits per heavy atom. The first-order valence-electron chi connectivity index (χ1n) is 7.48. The Bertz CT molecular complexity index is 650. The monoisotopic (exact) mass is 318 g/mol. The summed E-state index contributed by atoms with van der Waals surface area (Å²) in [6.45, 7) is 3.29. The number of hydrogen-bond acceptors (Lipinski definition) is 7. The minimum Gasteiger partial charge on any atom is -0.474 e. The Hall–Kier alpha value is -2.48. The summed E-state index contributed by atoms with van der Waals surface area (Å²) in [5, 5.41) is 10.2. The fraction of sp³-hybridized carbons (Fsp3) is 0.467. The number of carbonyl (C=O) groups is 1. The normalized spacial score (nSPS) is 15.3. The van der Waals surface area contributed by atoms with Crippen LogP contribution in [-0.2, 0) is 11.3 Å². The molecule has 0 unspecified atom stereocenters. The van der Waals surface area contributed by atoms with Gasteiger partial charge in [0.2, 0.25) is 17.7 Å². The molecule has 3 rings (SSSR count). The van der Waals surface area contributed by atoms with Crippen LogP contribution in [0.2, 0.25) is 0 Å². The molecule has 1 saturated heterocycles. The Labute approximate surface area is 133 Å². The van der Waals surface area contributed by atoms with Gasteiger partial charge in [-0.1, -0.05) is 0 Å². The molecule has 0 aromatic carbocycles. The molecule has 23 heavy (non-hydrogen) atoms. The molecule has 1 aliphatic heterocycles. The van der Waals surface area contributed by atoms with Crippen molar-refractivity contribution in [2.75, 3.05) is 13.2 Å². The molecule has 1 amide bonds. The summed E-state index contributed by atoms with van der Waals surface area (Å²) in [5.74, 6) is 1.08. The predicted octanol–water partition coefficient (Wildman–Crippen LogP) is 1.26. The number of rotatable bonds is 5. The largest absolute Gasteiger partial charge is 0.474 e. The van der Waals surface area contributed by atoms with E-state index in [4.69, 9.17) is 13.9 Å². The van der Waals surface area contributed by atoms with E-state index in [9.17, 15) is 4.79 Å². The summed E-state index contributed by atoms with van der Waals surface area (Å²) >= 11 is 0. The zero-order valence-corrected chi connectivity index (χ0v) is 12.8. The van der Waals surface area contributed by atoms with Gasteiger partial charge in [0.05, 0.1) is 25.3 Å². The highest BCUT2D eigenvalue weighted by Gasteiger charge is 2.16. The lowest BCUT2D eigenvalue weighted by Gasteiger charge is -2.22. The van der Waals surface area contributed by atoms with E-state index in [0.29, 0.717) is 36.4 Å². The minimum atomic E-state index is -0.258. The third-order valence-electron chi connectivity index (χ3n) is 3.42. The number of amides is 1. The molecule has 3 heterocycles. The lowest BCUT2D eigenvalue weighted by atomic mass is 10.1. The molecule has 1 aliphatic rings. The first-order valence-corrected chi connectivity index (χ1v) is 7.48. The van der Waals surface area contributed by atoms with E-state index in [-0.39, 0.29) is 18.6 Å².